The highest BCUT2D eigenvalue weighted by Gasteiger charge is 2.69. The quantitative estimate of drug-likeness (QED) is 0.470. The fraction of sp³-hybridized carbons (Fsp3) is 0.917. The van der Waals surface area contributed by atoms with Gasteiger partial charge in [0.15, 0.2) is 11.9 Å². The first kappa shape index (κ1) is 23.5. The molecule has 6 fully saturated rings. The fourth-order valence-corrected chi connectivity index (χ4v) is 6.53. The van der Waals surface area contributed by atoms with Crippen LogP contribution < -0.4 is 5.32 Å². The van der Waals surface area contributed by atoms with Gasteiger partial charge in [-0.2, -0.15) is 0 Å². The molecule has 186 valence electrons. The van der Waals surface area contributed by atoms with E-state index in [1.165, 1.54) is 0 Å². The number of ether oxygens (including phenoxy) is 4. The van der Waals surface area contributed by atoms with Crippen molar-refractivity contribution in [2.45, 2.75) is 102 Å². The molecule has 2 unspecified atom stereocenters. The van der Waals surface area contributed by atoms with Gasteiger partial charge >= 0.3 is 5.97 Å². The van der Waals surface area contributed by atoms with Gasteiger partial charge in [-0.25, -0.2) is 9.78 Å². The maximum atomic E-state index is 12.6. The lowest BCUT2D eigenvalue weighted by atomic mass is 9.58. The summed E-state index contributed by atoms with van der Waals surface area (Å²) in [5, 5.41) is 2.84. The van der Waals surface area contributed by atoms with E-state index in [0.717, 1.165) is 45.1 Å². The van der Waals surface area contributed by atoms with Crippen molar-refractivity contribution in [3.63, 3.8) is 0 Å². The summed E-state index contributed by atoms with van der Waals surface area (Å²) in [5.41, 5.74) is -0.682. The Balaban J connectivity index is 1.20. The summed E-state index contributed by atoms with van der Waals surface area (Å²) in [6, 6.07) is 0. The van der Waals surface area contributed by atoms with Crippen molar-refractivity contribution in [1.82, 2.24) is 5.32 Å². The van der Waals surface area contributed by atoms with Crippen molar-refractivity contribution in [1.29, 1.82) is 0 Å². The van der Waals surface area contributed by atoms with E-state index in [2.05, 4.69) is 12.2 Å². The topological polar surface area (TPSA) is 102 Å². The number of hydrogen-bond donors (Lipinski definition) is 1. The number of fused-ring (bicyclic) bond motifs is 2. The molecule has 5 aliphatic heterocycles. The van der Waals surface area contributed by atoms with Gasteiger partial charge in [0.1, 0.15) is 0 Å². The summed E-state index contributed by atoms with van der Waals surface area (Å²) < 4.78 is 23.8. The maximum Gasteiger partial charge on any atom is 0.308 e. The largest absolute Gasteiger partial charge is 0.435 e. The zero-order chi connectivity index (χ0) is 23.2. The molecule has 1 spiro atoms. The van der Waals surface area contributed by atoms with Crippen LogP contribution >= 0.6 is 0 Å². The molecule has 9 atom stereocenters. The van der Waals surface area contributed by atoms with E-state index in [9.17, 15) is 9.59 Å². The smallest absolute Gasteiger partial charge is 0.308 e. The molecular formula is C24H37NO8. The van der Waals surface area contributed by atoms with Gasteiger partial charge in [0.25, 0.3) is 0 Å². The molecule has 5 saturated heterocycles. The van der Waals surface area contributed by atoms with Crippen LogP contribution in [0.15, 0.2) is 0 Å². The van der Waals surface area contributed by atoms with E-state index in [4.69, 9.17) is 28.7 Å². The molecule has 0 aromatic rings. The Morgan fingerprint density at radius 2 is 1.91 bits per heavy atom. The first-order chi connectivity index (χ1) is 15.8. The van der Waals surface area contributed by atoms with Crippen molar-refractivity contribution in [2.24, 2.45) is 23.7 Å². The number of amides is 1. The van der Waals surface area contributed by atoms with Crippen molar-refractivity contribution < 1.29 is 38.3 Å². The highest BCUT2D eigenvalue weighted by atomic mass is 17.3. The van der Waals surface area contributed by atoms with Gasteiger partial charge in [-0.05, 0) is 50.9 Å². The van der Waals surface area contributed by atoms with E-state index < -0.39 is 29.9 Å². The van der Waals surface area contributed by atoms with Crippen molar-refractivity contribution in [2.75, 3.05) is 13.2 Å². The Hall–Kier alpha value is -1.26. The number of hydrogen-bond acceptors (Lipinski definition) is 8. The Morgan fingerprint density at radius 1 is 1.06 bits per heavy atom. The molecule has 9 nitrogen and oxygen atoms in total. The van der Waals surface area contributed by atoms with E-state index in [0.29, 0.717) is 12.5 Å². The van der Waals surface area contributed by atoms with Gasteiger partial charge in [-0.15, -0.1) is 0 Å². The summed E-state index contributed by atoms with van der Waals surface area (Å²) in [6.07, 6.45) is 4.44. The minimum Gasteiger partial charge on any atom is -0.435 e. The number of carbonyl (C=O) groups is 2. The van der Waals surface area contributed by atoms with Crippen LogP contribution in [0, 0.1) is 23.7 Å². The van der Waals surface area contributed by atoms with Gasteiger partial charge in [0.2, 0.25) is 18.0 Å². The second kappa shape index (κ2) is 9.07. The Bertz CT molecular complexity index is 757. The SMILES string of the molecule is C[C@H]1[C@H](OC(=O)CCC(=O)NCC2CCCO2)O[C@@H]2O[C@]3(C)CC[C@H]4[C@H](C)CC[C@@H]1C24OO3. The molecule has 1 N–H and O–H groups in total. The van der Waals surface area contributed by atoms with Crippen LogP contribution in [-0.4, -0.2) is 55.1 Å². The van der Waals surface area contributed by atoms with Gasteiger partial charge < -0.3 is 24.3 Å². The molecule has 1 saturated carbocycles. The van der Waals surface area contributed by atoms with Crippen molar-refractivity contribution in [3.05, 3.63) is 0 Å². The molecule has 2 bridgehead atoms. The predicted octanol–water partition coefficient (Wildman–Crippen LogP) is 2.81. The Labute approximate surface area is 195 Å². The second-order valence-corrected chi connectivity index (χ2v) is 10.7. The molecule has 0 radical (unpaired) electrons. The highest BCUT2D eigenvalue weighted by molar-refractivity contribution is 5.81. The van der Waals surface area contributed by atoms with Crippen LogP contribution in [-0.2, 0) is 38.3 Å². The van der Waals surface area contributed by atoms with Crippen LogP contribution in [0.1, 0.15) is 72.1 Å². The molecule has 5 heterocycles. The zero-order valence-electron chi connectivity index (χ0n) is 19.9. The van der Waals surface area contributed by atoms with Crippen LogP contribution in [0.2, 0.25) is 0 Å². The average Bonchev–Trinajstić information content (AvgIpc) is 3.21. The van der Waals surface area contributed by atoms with Gasteiger partial charge in [0.05, 0.1) is 12.5 Å². The summed E-state index contributed by atoms with van der Waals surface area (Å²) in [4.78, 5) is 36.6. The highest BCUT2D eigenvalue weighted by Crippen LogP contribution is 2.60. The third kappa shape index (κ3) is 4.31. The van der Waals surface area contributed by atoms with Crippen LogP contribution in [0.4, 0.5) is 0 Å². The predicted molar refractivity (Wildman–Crippen MR) is 114 cm³/mol. The van der Waals surface area contributed by atoms with E-state index in [-0.39, 0.29) is 42.6 Å². The molecular weight excluding hydrogens is 430 g/mol. The molecule has 9 heteroatoms. The minimum atomic E-state index is -0.867. The van der Waals surface area contributed by atoms with E-state index in [1.807, 2.05) is 13.8 Å². The summed E-state index contributed by atoms with van der Waals surface area (Å²) in [6.45, 7) is 7.40. The first-order valence-corrected chi connectivity index (χ1v) is 12.6. The van der Waals surface area contributed by atoms with Crippen LogP contribution in [0.3, 0.4) is 0 Å². The van der Waals surface area contributed by atoms with Crippen molar-refractivity contribution in [3.8, 4) is 0 Å². The molecule has 0 aromatic heterocycles. The third-order valence-corrected chi connectivity index (χ3v) is 8.45. The number of carbonyl (C=O) groups excluding carboxylic acids is 2. The molecule has 6 aliphatic rings. The standard InChI is InChI=1S/C24H37NO8/c1-14-6-7-18-15(2)21(29-20(27)9-8-19(26)25-13-16-5-4-12-28-16)30-22-24(18)17(14)10-11-23(3,31-22)32-33-24/h14-18,21-22H,4-13H2,1-3H3,(H,25,26)/t14-,15-,16?,17+,18+,21-,22-,23+,24?/m1/s1. The lowest BCUT2D eigenvalue weighted by Crippen LogP contribution is -2.70. The van der Waals surface area contributed by atoms with Gasteiger partial charge in [-0.1, -0.05) is 13.8 Å². The number of esters is 1. The summed E-state index contributed by atoms with van der Waals surface area (Å²) >= 11 is 0. The number of rotatable bonds is 6. The average molecular weight is 468 g/mol. The van der Waals surface area contributed by atoms with Gasteiger partial charge in [0, 0.05) is 37.8 Å². The van der Waals surface area contributed by atoms with E-state index >= 15 is 0 Å². The lowest BCUT2D eigenvalue weighted by molar-refractivity contribution is -0.576. The molecule has 1 aliphatic carbocycles. The summed E-state index contributed by atoms with van der Waals surface area (Å²) in [7, 11) is 0. The monoisotopic (exact) mass is 467 g/mol. The minimum absolute atomic E-state index is 0.00224. The molecule has 0 aromatic carbocycles. The Morgan fingerprint density at radius 3 is 2.70 bits per heavy atom. The van der Waals surface area contributed by atoms with Crippen molar-refractivity contribution >= 4 is 11.9 Å². The van der Waals surface area contributed by atoms with Crippen LogP contribution in [0.5, 0.6) is 0 Å². The molecule has 6 rings (SSSR count). The fourth-order valence-electron chi connectivity index (χ4n) is 6.53. The van der Waals surface area contributed by atoms with E-state index in [1.54, 1.807) is 0 Å². The second-order valence-electron chi connectivity index (χ2n) is 10.7. The lowest BCUT2D eigenvalue weighted by Gasteiger charge is -2.59. The molecule has 1 amide bonds. The first-order valence-electron chi connectivity index (χ1n) is 12.6. The maximum absolute atomic E-state index is 12.6. The Kier molecular flexibility index (Phi) is 6.46. The zero-order valence-corrected chi connectivity index (χ0v) is 19.9. The molecule has 33 heavy (non-hydrogen) atoms. The van der Waals surface area contributed by atoms with Crippen LogP contribution in [0.25, 0.3) is 0 Å². The third-order valence-electron chi connectivity index (χ3n) is 8.45. The van der Waals surface area contributed by atoms with Gasteiger partial charge in [-0.3, -0.25) is 9.59 Å². The normalized spacial score (nSPS) is 46.3. The summed E-state index contributed by atoms with van der Waals surface area (Å²) in [5.74, 6) is -0.746. The number of nitrogens with one attached hydrogen (secondary N) is 1.